The van der Waals surface area contributed by atoms with Crippen molar-refractivity contribution < 1.29 is 5.11 Å². The predicted molar refractivity (Wildman–Crippen MR) is 73.7 cm³/mol. The third kappa shape index (κ3) is 1.92. The van der Waals surface area contributed by atoms with Gasteiger partial charge in [0.1, 0.15) is 0 Å². The number of hydrogen-bond acceptors (Lipinski definition) is 1. The van der Waals surface area contributed by atoms with Gasteiger partial charge in [0.15, 0.2) is 0 Å². The molecular weight excluding hydrogens is 220 g/mol. The Morgan fingerprint density at radius 3 is 1.94 bits per heavy atom. The lowest BCUT2D eigenvalue weighted by atomic mass is 9.83. The molecule has 3 rings (SSSR count). The summed E-state index contributed by atoms with van der Waals surface area (Å²) in [6.07, 6.45) is 2.87. The number of allylic oxidation sites excluding steroid dienone is 2. The standard InChI is InChI=1S/C17H16O/c18-16-12-11-15(13-7-3-1-4-8-13)17(16)14-9-5-2-6-10-14/h1-10,12,15,17-18H,11H2. The molecule has 0 radical (unpaired) electrons. The van der Waals surface area contributed by atoms with Crippen molar-refractivity contribution in [1.82, 2.24) is 0 Å². The van der Waals surface area contributed by atoms with E-state index in [1.165, 1.54) is 11.1 Å². The molecule has 0 fully saturated rings. The van der Waals surface area contributed by atoms with E-state index < -0.39 is 0 Å². The highest BCUT2D eigenvalue weighted by molar-refractivity contribution is 5.37. The number of hydrogen-bond donors (Lipinski definition) is 1. The molecule has 1 aliphatic carbocycles. The summed E-state index contributed by atoms with van der Waals surface area (Å²) >= 11 is 0. The second-order valence-corrected chi connectivity index (χ2v) is 4.77. The second-order valence-electron chi connectivity index (χ2n) is 4.77. The molecule has 1 nitrogen and oxygen atoms in total. The highest BCUT2D eigenvalue weighted by atomic mass is 16.3. The Balaban J connectivity index is 1.98. The maximum atomic E-state index is 10.1. The fraction of sp³-hybridized carbons (Fsp3) is 0.176. The van der Waals surface area contributed by atoms with Crippen LogP contribution in [0.15, 0.2) is 72.5 Å². The molecule has 0 bridgehead atoms. The van der Waals surface area contributed by atoms with E-state index in [9.17, 15) is 5.11 Å². The molecule has 2 atom stereocenters. The van der Waals surface area contributed by atoms with E-state index in [-0.39, 0.29) is 5.92 Å². The van der Waals surface area contributed by atoms with Crippen molar-refractivity contribution in [2.24, 2.45) is 0 Å². The average molecular weight is 236 g/mol. The van der Waals surface area contributed by atoms with E-state index in [1.807, 2.05) is 30.3 Å². The van der Waals surface area contributed by atoms with E-state index in [2.05, 4.69) is 36.4 Å². The minimum Gasteiger partial charge on any atom is -0.512 e. The van der Waals surface area contributed by atoms with Crippen molar-refractivity contribution in [3.05, 3.63) is 83.6 Å². The first-order valence-electron chi connectivity index (χ1n) is 6.35. The van der Waals surface area contributed by atoms with Crippen LogP contribution in [0.25, 0.3) is 0 Å². The number of rotatable bonds is 2. The predicted octanol–water partition coefficient (Wildman–Crippen LogP) is 4.40. The van der Waals surface area contributed by atoms with Gasteiger partial charge >= 0.3 is 0 Å². The molecule has 0 spiro atoms. The lowest BCUT2D eigenvalue weighted by Gasteiger charge is -2.21. The van der Waals surface area contributed by atoms with Crippen LogP contribution < -0.4 is 0 Å². The Labute approximate surface area is 107 Å². The lowest BCUT2D eigenvalue weighted by Crippen LogP contribution is -2.08. The molecule has 90 valence electrons. The largest absolute Gasteiger partial charge is 0.512 e. The van der Waals surface area contributed by atoms with Gasteiger partial charge in [-0.2, -0.15) is 0 Å². The van der Waals surface area contributed by atoms with Crippen LogP contribution in [0.5, 0.6) is 0 Å². The monoisotopic (exact) mass is 236 g/mol. The zero-order valence-corrected chi connectivity index (χ0v) is 10.2. The minimum absolute atomic E-state index is 0.105. The van der Waals surface area contributed by atoms with Crippen LogP contribution >= 0.6 is 0 Å². The Bertz CT molecular complexity index is 542. The van der Waals surface area contributed by atoms with Gasteiger partial charge in [0.25, 0.3) is 0 Å². The molecule has 18 heavy (non-hydrogen) atoms. The van der Waals surface area contributed by atoms with Gasteiger partial charge in [-0.25, -0.2) is 0 Å². The maximum Gasteiger partial charge on any atom is 0.0964 e. The summed E-state index contributed by atoms with van der Waals surface area (Å²) in [4.78, 5) is 0. The number of aliphatic hydroxyl groups is 1. The highest BCUT2D eigenvalue weighted by Gasteiger charge is 2.31. The molecule has 1 N–H and O–H groups in total. The third-order valence-corrected chi connectivity index (χ3v) is 3.69. The minimum atomic E-state index is 0.105. The molecule has 0 aliphatic heterocycles. The van der Waals surface area contributed by atoms with Crippen LogP contribution in [0.3, 0.4) is 0 Å². The van der Waals surface area contributed by atoms with Crippen molar-refractivity contribution in [1.29, 1.82) is 0 Å². The quantitative estimate of drug-likeness (QED) is 0.819. The van der Waals surface area contributed by atoms with E-state index in [4.69, 9.17) is 0 Å². The fourth-order valence-corrected chi connectivity index (χ4v) is 2.81. The van der Waals surface area contributed by atoms with Gasteiger partial charge in [-0.05, 0) is 23.6 Å². The molecule has 0 heterocycles. The zero-order valence-electron chi connectivity index (χ0n) is 10.2. The van der Waals surface area contributed by atoms with Crippen molar-refractivity contribution >= 4 is 0 Å². The first kappa shape index (κ1) is 11.1. The first-order valence-corrected chi connectivity index (χ1v) is 6.35. The molecule has 0 amide bonds. The second kappa shape index (κ2) is 4.69. The summed E-state index contributed by atoms with van der Waals surface area (Å²) in [5, 5.41) is 10.1. The maximum absolute atomic E-state index is 10.1. The van der Waals surface area contributed by atoms with E-state index >= 15 is 0 Å². The average Bonchev–Trinajstić information content (AvgIpc) is 2.83. The van der Waals surface area contributed by atoms with Crippen LogP contribution in [-0.4, -0.2) is 5.11 Å². The summed E-state index contributed by atoms with van der Waals surface area (Å²) in [6, 6.07) is 20.7. The van der Waals surface area contributed by atoms with Gasteiger partial charge in [0.05, 0.1) is 5.76 Å². The molecule has 2 aromatic carbocycles. The summed E-state index contributed by atoms with van der Waals surface area (Å²) in [6.45, 7) is 0. The van der Waals surface area contributed by atoms with Gasteiger partial charge in [-0.1, -0.05) is 60.7 Å². The topological polar surface area (TPSA) is 20.2 Å². The van der Waals surface area contributed by atoms with Crippen LogP contribution in [0.1, 0.15) is 29.4 Å². The van der Waals surface area contributed by atoms with Crippen molar-refractivity contribution in [2.45, 2.75) is 18.3 Å². The van der Waals surface area contributed by atoms with Crippen molar-refractivity contribution in [3.8, 4) is 0 Å². The van der Waals surface area contributed by atoms with E-state index in [1.54, 1.807) is 0 Å². The highest BCUT2D eigenvalue weighted by Crippen LogP contribution is 2.44. The fourth-order valence-electron chi connectivity index (χ4n) is 2.81. The molecule has 0 saturated heterocycles. The Hall–Kier alpha value is -2.02. The summed E-state index contributed by atoms with van der Waals surface area (Å²) in [5.41, 5.74) is 2.49. The van der Waals surface area contributed by atoms with Crippen LogP contribution in [-0.2, 0) is 0 Å². The van der Waals surface area contributed by atoms with Crippen LogP contribution in [0.4, 0.5) is 0 Å². The zero-order chi connectivity index (χ0) is 12.4. The molecule has 1 heteroatoms. The molecular formula is C17H16O. The number of aliphatic hydroxyl groups excluding tert-OH is 1. The normalized spacial score (nSPS) is 22.8. The van der Waals surface area contributed by atoms with Crippen LogP contribution in [0, 0.1) is 0 Å². The van der Waals surface area contributed by atoms with E-state index in [0.717, 1.165) is 6.42 Å². The smallest absolute Gasteiger partial charge is 0.0964 e. The van der Waals surface area contributed by atoms with Gasteiger partial charge in [0.2, 0.25) is 0 Å². The lowest BCUT2D eigenvalue weighted by molar-refractivity contribution is 0.366. The molecule has 0 saturated carbocycles. The Morgan fingerprint density at radius 2 is 1.33 bits per heavy atom. The molecule has 2 unspecified atom stereocenters. The van der Waals surface area contributed by atoms with Crippen LogP contribution in [0.2, 0.25) is 0 Å². The summed E-state index contributed by atoms with van der Waals surface area (Å²) in [7, 11) is 0. The molecule has 0 aromatic heterocycles. The molecule has 1 aliphatic rings. The number of benzene rings is 2. The van der Waals surface area contributed by atoms with Gasteiger partial charge in [0, 0.05) is 11.8 Å². The van der Waals surface area contributed by atoms with Crippen molar-refractivity contribution in [2.75, 3.05) is 0 Å². The third-order valence-electron chi connectivity index (χ3n) is 3.69. The van der Waals surface area contributed by atoms with Gasteiger partial charge < -0.3 is 5.11 Å². The van der Waals surface area contributed by atoms with E-state index in [0.29, 0.717) is 11.7 Å². The molecule has 2 aromatic rings. The van der Waals surface area contributed by atoms with Crippen molar-refractivity contribution in [3.63, 3.8) is 0 Å². The Morgan fingerprint density at radius 1 is 0.778 bits per heavy atom. The first-order chi connectivity index (χ1) is 8.86. The Kier molecular flexibility index (Phi) is 2.89. The summed E-state index contributed by atoms with van der Waals surface area (Å²) in [5.74, 6) is 0.970. The SMILES string of the molecule is OC1=CCC(c2ccccc2)C1c1ccccc1. The van der Waals surface area contributed by atoms with Gasteiger partial charge in [-0.15, -0.1) is 0 Å². The summed E-state index contributed by atoms with van der Waals surface area (Å²) < 4.78 is 0. The van der Waals surface area contributed by atoms with Gasteiger partial charge in [-0.3, -0.25) is 0 Å².